The second kappa shape index (κ2) is 5.29. The third-order valence-electron chi connectivity index (χ3n) is 2.70. The number of hydrogen-bond donors (Lipinski definition) is 0. The Morgan fingerprint density at radius 2 is 2.13 bits per heavy atom. The number of benzene rings is 1. The van der Waals surface area contributed by atoms with Crippen molar-refractivity contribution in [3.8, 4) is 0 Å². The van der Waals surface area contributed by atoms with Gasteiger partial charge < -0.3 is 9.47 Å². The number of rotatable bonds is 4. The van der Waals surface area contributed by atoms with Crippen molar-refractivity contribution in [2.75, 3.05) is 13.2 Å². The van der Waals surface area contributed by atoms with Gasteiger partial charge in [0.2, 0.25) is 0 Å². The fourth-order valence-electron chi connectivity index (χ4n) is 1.88. The van der Waals surface area contributed by atoms with Crippen molar-refractivity contribution in [2.24, 2.45) is 5.92 Å². The van der Waals surface area contributed by atoms with E-state index < -0.39 is 0 Å². The average molecular weight is 206 g/mol. The van der Waals surface area contributed by atoms with Gasteiger partial charge >= 0.3 is 0 Å². The molecule has 2 rings (SSSR count). The van der Waals surface area contributed by atoms with E-state index in [0.717, 1.165) is 19.6 Å². The summed E-state index contributed by atoms with van der Waals surface area (Å²) in [6, 6.07) is 10.3. The lowest BCUT2D eigenvalue weighted by atomic mass is 10.1. The highest BCUT2D eigenvalue weighted by atomic mass is 16.5. The molecule has 1 aliphatic rings. The molecule has 0 saturated carbocycles. The van der Waals surface area contributed by atoms with Crippen LogP contribution in [0.1, 0.15) is 18.9 Å². The zero-order chi connectivity index (χ0) is 10.5. The van der Waals surface area contributed by atoms with E-state index in [0.29, 0.717) is 18.6 Å². The summed E-state index contributed by atoms with van der Waals surface area (Å²) in [5.41, 5.74) is 1.23. The number of ether oxygens (including phenoxy) is 2. The second-order valence-corrected chi connectivity index (χ2v) is 4.30. The summed E-state index contributed by atoms with van der Waals surface area (Å²) in [4.78, 5) is 0. The Bertz CT molecular complexity index is 284. The van der Waals surface area contributed by atoms with Gasteiger partial charge in [-0.3, -0.25) is 0 Å². The van der Waals surface area contributed by atoms with Crippen LogP contribution in [0.3, 0.4) is 0 Å². The number of hydrogen-bond acceptors (Lipinski definition) is 2. The van der Waals surface area contributed by atoms with Crippen LogP contribution in [0.4, 0.5) is 0 Å². The lowest BCUT2D eigenvalue weighted by molar-refractivity contribution is 0.0101. The van der Waals surface area contributed by atoms with Gasteiger partial charge in [0, 0.05) is 6.61 Å². The van der Waals surface area contributed by atoms with Crippen molar-refractivity contribution < 1.29 is 9.47 Å². The molecule has 0 spiro atoms. The van der Waals surface area contributed by atoms with Crippen LogP contribution in [-0.2, 0) is 16.1 Å². The van der Waals surface area contributed by atoms with E-state index in [2.05, 4.69) is 19.1 Å². The van der Waals surface area contributed by atoms with Gasteiger partial charge in [-0.15, -0.1) is 0 Å². The van der Waals surface area contributed by atoms with Crippen LogP contribution in [-0.4, -0.2) is 19.3 Å². The van der Waals surface area contributed by atoms with Gasteiger partial charge in [-0.25, -0.2) is 0 Å². The van der Waals surface area contributed by atoms with E-state index in [1.807, 2.05) is 18.2 Å². The minimum absolute atomic E-state index is 0.309. The van der Waals surface area contributed by atoms with Crippen LogP contribution in [0.15, 0.2) is 30.3 Å². The third-order valence-corrected chi connectivity index (χ3v) is 2.70. The third kappa shape index (κ3) is 3.33. The summed E-state index contributed by atoms with van der Waals surface area (Å²) in [6.45, 7) is 4.52. The van der Waals surface area contributed by atoms with Crippen LogP contribution in [0.25, 0.3) is 0 Å². The second-order valence-electron chi connectivity index (χ2n) is 4.30. The van der Waals surface area contributed by atoms with Crippen molar-refractivity contribution in [3.05, 3.63) is 35.9 Å². The Kier molecular flexibility index (Phi) is 3.75. The molecule has 2 atom stereocenters. The minimum atomic E-state index is 0.309. The predicted octanol–water partition coefficient (Wildman–Crippen LogP) is 2.63. The molecular formula is C13H18O2. The molecule has 1 saturated heterocycles. The molecule has 0 unspecified atom stereocenters. The summed E-state index contributed by atoms with van der Waals surface area (Å²) in [6.07, 6.45) is 1.44. The highest BCUT2D eigenvalue weighted by Crippen LogP contribution is 2.19. The normalized spacial score (nSPS) is 25.7. The molecule has 0 bridgehead atoms. The summed E-state index contributed by atoms with van der Waals surface area (Å²) >= 11 is 0. The van der Waals surface area contributed by atoms with E-state index in [9.17, 15) is 0 Å². The lowest BCUT2D eigenvalue weighted by Crippen LogP contribution is -2.14. The fourth-order valence-corrected chi connectivity index (χ4v) is 1.88. The van der Waals surface area contributed by atoms with Crippen molar-refractivity contribution in [2.45, 2.75) is 26.1 Å². The highest BCUT2D eigenvalue weighted by Gasteiger charge is 2.21. The summed E-state index contributed by atoms with van der Waals surface area (Å²) < 4.78 is 11.2. The van der Waals surface area contributed by atoms with Crippen LogP contribution < -0.4 is 0 Å². The summed E-state index contributed by atoms with van der Waals surface area (Å²) in [7, 11) is 0. The first-order valence-electron chi connectivity index (χ1n) is 5.58. The predicted molar refractivity (Wildman–Crippen MR) is 59.6 cm³/mol. The molecule has 1 aromatic carbocycles. The van der Waals surface area contributed by atoms with Crippen molar-refractivity contribution in [3.63, 3.8) is 0 Å². The van der Waals surface area contributed by atoms with Crippen molar-refractivity contribution in [1.29, 1.82) is 0 Å². The first-order valence-corrected chi connectivity index (χ1v) is 5.58. The lowest BCUT2D eigenvalue weighted by Gasteiger charge is -2.09. The van der Waals surface area contributed by atoms with Crippen LogP contribution in [0.5, 0.6) is 0 Å². The maximum absolute atomic E-state index is 5.63. The highest BCUT2D eigenvalue weighted by molar-refractivity contribution is 5.13. The van der Waals surface area contributed by atoms with Crippen LogP contribution in [0.2, 0.25) is 0 Å². The molecule has 2 heteroatoms. The SMILES string of the molecule is C[C@@H]1CO[C@H](COCc2ccccc2)C1. The monoisotopic (exact) mass is 206 g/mol. The maximum Gasteiger partial charge on any atom is 0.0812 e. The van der Waals surface area contributed by atoms with Crippen molar-refractivity contribution >= 4 is 0 Å². The van der Waals surface area contributed by atoms with Gasteiger partial charge in [0.1, 0.15) is 0 Å². The van der Waals surface area contributed by atoms with E-state index in [4.69, 9.17) is 9.47 Å². The van der Waals surface area contributed by atoms with E-state index in [-0.39, 0.29) is 0 Å². The van der Waals surface area contributed by atoms with Gasteiger partial charge in [0.25, 0.3) is 0 Å². The summed E-state index contributed by atoms with van der Waals surface area (Å²) in [5, 5.41) is 0. The van der Waals surface area contributed by atoms with Crippen LogP contribution >= 0.6 is 0 Å². The van der Waals surface area contributed by atoms with Crippen LogP contribution in [0, 0.1) is 5.92 Å². The summed E-state index contributed by atoms with van der Waals surface area (Å²) in [5.74, 6) is 0.690. The smallest absolute Gasteiger partial charge is 0.0812 e. The molecule has 1 heterocycles. The molecule has 0 radical (unpaired) electrons. The first-order chi connectivity index (χ1) is 7.34. The topological polar surface area (TPSA) is 18.5 Å². The molecule has 0 aliphatic carbocycles. The van der Waals surface area contributed by atoms with Gasteiger partial charge in [0.15, 0.2) is 0 Å². The van der Waals surface area contributed by atoms with Gasteiger partial charge in [-0.2, -0.15) is 0 Å². The molecule has 0 N–H and O–H groups in total. The molecule has 0 aromatic heterocycles. The van der Waals surface area contributed by atoms with E-state index in [1.54, 1.807) is 0 Å². The Morgan fingerprint density at radius 3 is 2.80 bits per heavy atom. The molecule has 1 aliphatic heterocycles. The molecular weight excluding hydrogens is 188 g/mol. The quantitative estimate of drug-likeness (QED) is 0.754. The standard InChI is InChI=1S/C13H18O2/c1-11-7-13(15-8-11)10-14-9-12-5-3-2-4-6-12/h2-6,11,13H,7-10H2,1H3/t11-,13-/m0/s1. The Morgan fingerprint density at radius 1 is 1.33 bits per heavy atom. The molecule has 82 valence electrons. The fraction of sp³-hybridized carbons (Fsp3) is 0.538. The zero-order valence-corrected chi connectivity index (χ0v) is 9.19. The Labute approximate surface area is 91.2 Å². The largest absolute Gasteiger partial charge is 0.376 e. The Hall–Kier alpha value is -0.860. The molecule has 1 aromatic rings. The Balaban J connectivity index is 1.67. The molecule has 2 nitrogen and oxygen atoms in total. The first kappa shape index (κ1) is 10.7. The molecule has 15 heavy (non-hydrogen) atoms. The van der Waals surface area contributed by atoms with Gasteiger partial charge in [-0.1, -0.05) is 37.3 Å². The molecule has 0 amide bonds. The van der Waals surface area contributed by atoms with E-state index >= 15 is 0 Å². The zero-order valence-electron chi connectivity index (χ0n) is 9.19. The maximum atomic E-state index is 5.63. The minimum Gasteiger partial charge on any atom is -0.376 e. The van der Waals surface area contributed by atoms with Gasteiger partial charge in [0.05, 0.1) is 19.3 Å². The van der Waals surface area contributed by atoms with Gasteiger partial charge in [-0.05, 0) is 17.9 Å². The average Bonchev–Trinajstić information content (AvgIpc) is 2.66. The van der Waals surface area contributed by atoms with Crippen molar-refractivity contribution in [1.82, 2.24) is 0 Å². The van der Waals surface area contributed by atoms with E-state index in [1.165, 1.54) is 5.56 Å². The molecule has 1 fully saturated rings.